The molecule has 0 aliphatic carbocycles. The number of aromatic nitrogens is 4. The van der Waals surface area contributed by atoms with Crippen LogP contribution in [-0.2, 0) is 11.3 Å². The van der Waals surface area contributed by atoms with E-state index in [1.807, 2.05) is 13.8 Å². The SMILES string of the molecule is CCn1nc(C(=O)N2CCOCC2c2cc(=O)[nH]c(C)n2)cc1C. The third-order valence-corrected chi connectivity index (χ3v) is 4.11. The molecule has 8 nitrogen and oxygen atoms in total. The minimum Gasteiger partial charge on any atom is -0.377 e. The fourth-order valence-corrected chi connectivity index (χ4v) is 2.95. The molecule has 0 bridgehead atoms. The summed E-state index contributed by atoms with van der Waals surface area (Å²) in [5.74, 6) is 0.347. The molecule has 128 valence electrons. The zero-order valence-corrected chi connectivity index (χ0v) is 14.1. The Labute approximate surface area is 139 Å². The van der Waals surface area contributed by atoms with Crippen LogP contribution in [0.1, 0.15) is 40.7 Å². The minimum absolute atomic E-state index is 0.168. The average molecular weight is 331 g/mol. The Morgan fingerprint density at radius 2 is 2.21 bits per heavy atom. The van der Waals surface area contributed by atoms with Crippen LogP contribution in [0.2, 0.25) is 0 Å². The molecule has 3 heterocycles. The van der Waals surface area contributed by atoms with Gasteiger partial charge in [0.1, 0.15) is 5.82 Å². The molecule has 8 heteroatoms. The topological polar surface area (TPSA) is 93.1 Å². The maximum absolute atomic E-state index is 12.9. The molecule has 1 amide bonds. The second-order valence-corrected chi connectivity index (χ2v) is 5.83. The van der Waals surface area contributed by atoms with Crippen LogP contribution in [0, 0.1) is 13.8 Å². The molecule has 3 rings (SSSR count). The Bertz CT molecular complexity index is 810. The lowest BCUT2D eigenvalue weighted by Gasteiger charge is -2.34. The molecule has 1 unspecified atom stereocenters. The number of rotatable bonds is 3. The first kappa shape index (κ1) is 16.4. The summed E-state index contributed by atoms with van der Waals surface area (Å²) in [6.07, 6.45) is 0. The van der Waals surface area contributed by atoms with Gasteiger partial charge in [0.05, 0.1) is 24.9 Å². The van der Waals surface area contributed by atoms with E-state index < -0.39 is 0 Å². The van der Waals surface area contributed by atoms with E-state index in [0.717, 1.165) is 5.69 Å². The van der Waals surface area contributed by atoms with Crippen molar-refractivity contribution in [3.63, 3.8) is 0 Å². The summed E-state index contributed by atoms with van der Waals surface area (Å²) in [4.78, 5) is 33.3. The first-order valence-corrected chi connectivity index (χ1v) is 8.00. The van der Waals surface area contributed by atoms with E-state index in [1.54, 1.807) is 22.6 Å². The first-order chi connectivity index (χ1) is 11.5. The molecule has 2 aromatic heterocycles. The molecule has 1 fully saturated rings. The van der Waals surface area contributed by atoms with Crippen LogP contribution >= 0.6 is 0 Å². The quantitative estimate of drug-likeness (QED) is 0.899. The van der Waals surface area contributed by atoms with Gasteiger partial charge in [-0.1, -0.05) is 0 Å². The highest BCUT2D eigenvalue weighted by molar-refractivity contribution is 5.92. The zero-order chi connectivity index (χ0) is 17.3. The maximum Gasteiger partial charge on any atom is 0.275 e. The number of carbonyl (C=O) groups excluding carboxylic acids is 1. The molecule has 0 radical (unpaired) electrons. The van der Waals surface area contributed by atoms with E-state index in [1.165, 1.54) is 6.07 Å². The first-order valence-electron chi connectivity index (χ1n) is 8.00. The van der Waals surface area contributed by atoms with Crippen molar-refractivity contribution in [3.05, 3.63) is 45.4 Å². The highest BCUT2D eigenvalue weighted by Gasteiger charge is 2.32. The molecule has 2 aromatic rings. The van der Waals surface area contributed by atoms with Crippen molar-refractivity contribution >= 4 is 5.91 Å². The second kappa shape index (κ2) is 6.56. The van der Waals surface area contributed by atoms with Crippen molar-refractivity contribution in [2.24, 2.45) is 0 Å². The predicted molar refractivity (Wildman–Crippen MR) is 86.8 cm³/mol. The summed E-state index contributed by atoms with van der Waals surface area (Å²) >= 11 is 0. The van der Waals surface area contributed by atoms with Crippen LogP contribution in [0.25, 0.3) is 0 Å². The van der Waals surface area contributed by atoms with Crippen LogP contribution in [0.3, 0.4) is 0 Å². The number of carbonyl (C=O) groups is 1. The number of H-pyrrole nitrogens is 1. The van der Waals surface area contributed by atoms with Crippen LogP contribution < -0.4 is 5.56 Å². The van der Waals surface area contributed by atoms with E-state index in [0.29, 0.717) is 43.5 Å². The lowest BCUT2D eigenvalue weighted by molar-refractivity contribution is -0.00436. The smallest absolute Gasteiger partial charge is 0.275 e. The highest BCUT2D eigenvalue weighted by Crippen LogP contribution is 2.24. The van der Waals surface area contributed by atoms with Crippen molar-refractivity contribution < 1.29 is 9.53 Å². The van der Waals surface area contributed by atoms with Gasteiger partial charge in [0.2, 0.25) is 0 Å². The fourth-order valence-electron chi connectivity index (χ4n) is 2.95. The van der Waals surface area contributed by atoms with Gasteiger partial charge in [0.25, 0.3) is 11.5 Å². The number of hydrogen-bond acceptors (Lipinski definition) is 5. The predicted octanol–water partition coefficient (Wildman–Crippen LogP) is 0.817. The second-order valence-electron chi connectivity index (χ2n) is 5.83. The van der Waals surface area contributed by atoms with Crippen LogP contribution in [-0.4, -0.2) is 50.3 Å². The summed E-state index contributed by atoms with van der Waals surface area (Å²) < 4.78 is 7.30. The van der Waals surface area contributed by atoms with Gasteiger partial charge >= 0.3 is 0 Å². The van der Waals surface area contributed by atoms with Crippen molar-refractivity contribution in [2.45, 2.75) is 33.4 Å². The van der Waals surface area contributed by atoms with Crippen molar-refractivity contribution in [1.29, 1.82) is 0 Å². The van der Waals surface area contributed by atoms with Gasteiger partial charge in [0, 0.05) is 24.8 Å². The van der Waals surface area contributed by atoms with Gasteiger partial charge in [-0.3, -0.25) is 14.3 Å². The van der Waals surface area contributed by atoms with Crippen LogP contribution in [0.15, 0.2) is 16.9 Å². The van der Waals surface area contributed by atoms with Crippen LogP contribution in [0.5, 0.6) is 0 Å². The average Bonchev–Trinajstić information content (AvgIpc) is 2.94. The Hall–Kier alpha value is -2.48. The maximum atomic E-state index is 12.9. The number of aromatic amines is 1. The van der Waals surface area contributed by atoms with Gasteiger partial charge in [-0.05, 0) is 26.8 Å². The Morgan fingerprint density at radius 3 is 2.88 bits per heavy atom. The summed E-state index contributed by atoms with van der Waals surface area (Å²) in [6, 6.07) is 2.82. The van der Waals surface area contributed by atoms with E-state index in [4.69, 9.17) is 4.74 Å². The standard InChI is InChI=1S/C16H21N5O3/c1-4-21-10(2)7-13(19-21)16(23)20-5-6-24-9-14(20)12-8-15(22)18-11(3)17-12/h7-8,14H,4-6,9H2,1-3H3,(H,17,18,22). The number of aryl methyl sites for hydroxylation is 3. The molecule has 0 spiro atoms. The van der Waals surface area contributed by atoms with Gasteiger partial charge in [-0.25, -0.2) is 4.98 Å². The third kappa shape index (κ3) is 3.09. The molecular formula is C16H21N5O3. The Kier molecular flexibility index (Phi) is 4.48. The molecule has 24 heavy (non-hydrogen) atoms. The molecular weight excluding hydrogens is 310 g/mol. The van der Waals surface area contributed by atoms with Gasteiger partial charge < -0.3 is 14.6 Å². The van der Waals surface area contributed by atoms with Crippen LogP contribution in [0.4, 0.5) is 0 Å². The molecule has 1 aliphatic rings. The monoisotopic (exact) mass is 331 g/mol. The van der Waals surface area contributed by atoms with Crippen molar-refractivity contribution in [3.8, 4) is 0 Å². The minimum atomic E-state index is -0.390. The Balaban J connectivity index is 1.94. The molecule has 1 saturated heterocycles. The normalized spacial score (nSPS) is 18.0. The summed E-state index contributed by atoms with van der Waals surface area (Å²) in [5, 5.41) is 4.36. The largest absolute Gasteiger partial charge is 0.377 e. The third-order valence-electron chi connectivity index (χ3n) is 4.11. The number of ether oxygens (including phenoxy) is 1. The number of nitrogens with one attached hydrogen (secondary N) is 1. The van der Waals surface area contributed by atoms with Crippen molar-refractivity contribution in [2.75, 3.05) is 19.8 Å². The number of amides is 1. The zero-order valence-electron chi connectivity index (χ0n) is 14.1. The van der Waals surface area contributed by atoms with Gasteiger partial charge in [-0.2, -0.15) is 5.10 Å². The van der Waals surface area contributed by atoms with E-state index in [-0.39, 0.29) is 17.5 Å². The van der Waals surface area contributed by atoms with Gasteiger partial charge in [0.15, 0.2) is 5.69 Å². The van der Waals surface area contributed by atoms with E-state index in [9.17, 15) is 9.59 Å². The molecule has 0 aromatic carbocycles. The number of nitrogens with zero attached hydrogens (tertiary/aromatic N) is 4. The molecule has 1 atom stereocenters. The summed E-state index contributed by atoms with van der Waals surface area (Å²) in [7, 11) is 0. The van der Waals surface area contributed by atoms with Crippen molar-refractivity contribution in [1.82, 2.24) is 24.6 Å². The lowest BCUT2D eigenvalue weighted by Crippen LogP contribution is -2.44. The molecule has 1 aliphatic heterocycles. The molecule has 0 saturated carbocycles. The fraction of sp³-hybridized carbons (Fsp3) is 0.500. The Morgan fingerprint density at radius 1 is 1.42 bits per heavy atom. The summed E-state index contributed by atoms with van der Waals surface area (Å²) in [6.45, 7) is 7.54. The van der Waals surface area contributed by atoms with E-state index in [2.05, 4.69) is 15.1 Å². The molecule has 1 N–H and O–H groups in total. The number of hydrogen-bond donors (Lipinski definition) is 1. The van der Waals surface area contributed by atoms with E-state index >= 15 is 0 Å². The van der Waals surface area contributed by atoms with Gasteiger partial charge in [-0.15, -0.1) is 0 Å². The number of morpholine rings is 1. The lowest BCUT2D eigenvalue weighted by atomic mass is 10.1. The summed E-state index contributed by atoms with van der Waals surface area (Å²) in [5.41, 5.74) is 1.65. The highest BCUT2D eigenvalue weighted by atomic mass is 16.5.